The molecule has 5 nitrogen and oxygen atoms in total. The largest absolute Gasteiger partial charge is 0.481 e. The fourth-order valence-electron chi connectivity index (χ4n) is 2.16. The lowest BCUT2D eigenvalue weighted by Gasteiger charge is -2.42. The van der Waals surface area contributed by atoms with Crippen LogP contribution in [0, 0.1) is 5.41 Å². The minimum absolute atomic E-state index is 0.161. The molecule has 1 aliphatic heterocycles. The summed E-state index contributed by atoms with van der Waals surface area (Å²) in [7, 11) is 0. The third-order valence-corrected chi connectivity index (χ3v) is 4.58. The highest BCUT2D eigenvalue weighted by molar-refractivity contribution is 5.80. The molecule has 1 rings (SSSR count). The van der Waals surface area contributed by atoms with Gasteiger partial charge in [-0.15, -0.1) is 0 Å². The molecule has 110 valence electrons. The zero-order valence-electron chi connectivity index (χ0n) is 12.6. The summed E-state index contributed by atoms with van der Waals surface area (Å²) in [5.41, 5.74) is -1.84. The molecule has 1 heterocycles. The predicted octanol–water partition coefficient (Wildman–Crippen LogP) is 2.46. The van der Waals surface area contributed by atoms with Crippen molar-refractivity contribution in [3.8, 4) is 0 Å². The lowest BCUT2D eigenvalue weighted by atomic mass is 9.74. The first-order chi connectivity index (χ1) is 8.59. The Hall–Kier alpha value is -1.26. The van der Waals surface area contributed by atoms with Crippen molar-refractivity contribution in [3.63, 3.8) is 0 Å². The Morgan fingerprint density at radius 1 is 1.21 bits per heavy atom. The van der Waals surface area contributed by atoms with E-state index in [-0.39, 0.29) is 12.1 Å². The van der Waals surface area contributed by atoms with Gasteiger partial charge >= 0.3 is 12.0 Å². The number of urea groups is 1. The Kier molecular flexibility index (Phi) is 4.48. The number of amides is 2. The van der Waals surface area contributed by atoms with Gasteiger partial charge in [0, 0.05) is 12.6 Å². The van der Waals surface area contributed by atoms with Crippen LogP contribution in [0.5, 0.6) is 0 Å². The molecule has 0 spiro atoms. The number of carboxylic acids is 1. The number of rotatable bonds is 3. The maximum atomic E-state index is 12.3. The topological polar surface area (TPSA) is 69.6 Å². The van der Waals surface area contributed by atoms with Gasteiger partial charge in [0.1, 0.15) is 0 Å². The average Bonchev–Trinajstić information content (AvgIpc) is 2.28. The van der Waals surface area contributed by atoms with Gasteiger partial charge in [-0.05, 0) is 53.9 Å². The highest BCUT2D eigenvalue weighted by Gasteiger charge is 2.45. The molecular formula is C14H26N2O3. The summed E-state index contributed by atoms with van der Waals surface area (Å²) >= 11 is 0. The van der Waals surface area contributed by atoms with E-state index in [9.17, 15) is 14.7 Å². The number of aliphatic carboxylic acids is 1. The van der Waals surface area contributed by atoms with Gasteiger partial charge in [-0.25, -0.2) is 4.79 Å². The van der Waals surface area contributed by atoms with Crippen molar-refractivity contribution >= 4 is 12.0 Å². The molecule has 19 heavy (non-hydrogen) atoms. The molecule has 0 bridgehead atoms. The summed E-state index contributed by atoms with van der Waals surface area (Å²) in [6.07, 6.45) is 3.17. The van der Waals surface area contributed by atoms with Crippen LogP contribution >= 0.6 is 0 Å². The number of carboxylic acid groups (broad SMARTS) is 1. The van der Waals surface area contributed by atoms with Crippen LogP contribution < -0.4 is 5.32 Å². The lowest BCUT2D eigenvalue weighted by Crippen LogP contribution is -2.61. The first-order valence-electron chi connectivity index (χ1n) is 6.92. The second kappa shape index (κ2) is 5.39. The molecule has 2 N–H and O–H groups in total. The van der Waals surface area contributed by atoms with Crippen LogP contribution in [0.2, 0.25) is 0 Å². The smallest absolute Gasteiger partial charge is 0.318 e. The summed E-state index contributed by atoms with van der Waals surface area (Å²) in [5, 5.41) is 12.2. The second-order valence-corrected chi connectivity index (χ2v) is 6.52. The second-order valence-electron chi connectivity index (χ2n) is 6.52. The fourth-order valence-corrected chi connectivity index (χ4v) is 2.16. The van der Waals surface area contributed by atoms with Crippen LogP contribution in [-0.2, 0) is 4.79 Å². The Bertz CT molecular complexity index is 364. The van der Waals surface area contributed by atoms with Crippen molar-refractivity contribution in [2.24, 2.45) is 5.41 Å². The summed E-state index contributed by atoms with van der Waals surface area (Å²) in [5.74, 6) is -0.913. The Morgan fingerprint density at radius 3 is 2.26 bits per heavy atom. The molecular weight excluding hydrogens is 244 g/mol. The van der Waals surface area contributed by atoms with Crippen molar-refractivity contribution in [3.05, 3.63) is 0 Å². The van der Waals surface area contributed by atoms with Gasteiger partial charge in [-0.3, -0.25) is 4.79 Å². The minimum atomic E-state index is -1.03. The average molecular weight is 270 g/mol. The maximum absolute atomic E-state index is 12.3. The third-order valence-electron chi connectivity index (χ3n) is 4.58. The van der Waals surface area contributed by atoms with Crippen molar-refractivity contribution in [2.45, 2.75) is 65.5 Å². The zero-order chi connectivity index (χ0) is 14.8. The summed E-state index contributed by atoms with van der Waals surface area (Å²) in [6, 6.07) is 0.0593. The highest BCUT2D eigenvalue weighted by Crippen LogP contribution is 2.31. The minimum Gasteiger partial charge on any atom is -0.481 e. The molecule has 0 aromatic rings. The number of likely N-dealkylation sites (tertiary alicyclic amines) is 1. The normalized spacial score (nSPS) is 21.1. The molecule has 1 saturated heterocycles. The Labute approximate surface area is 115 Å². The van der Waals surface area contributed by atoms with Crippen molar-refractivity contribution < 1.29 is 14.7 Å². The van der Waals surface area contributed by atoms with Crippen LogP contribution in [0.25, 0.3) is 0 Å². The summed E-state index contributed by atoms with van der Waals surface area (Å²) in [4.78, 5) is 25.4. The maximum Gasteiger partial charge on any atom is 0.318 e. The van der Waals surface area contributed by atoms with Crippen LogP contribution in [-0.4, -0.2) is 40.1 Å². The van der Waals surface area contributed by atoms with Crippen LogP contribution in [0.15, 0.2) is 0 Å². The molecule has 1 unspecified atom stereocenters. The van der Waals surface area contributed by atoms with E-state index in [1.807, 2.05) is 11.8 Å². The molecule has 1 atom stereocenters. The molecule has 1 aliphatic rings. The number of piperidine rings is 1. The van der Waals surface area contributed by atoms with Crippen LogP contribution in [0.3, 0.4) is 0 Å². The van der Waals surface area contributed by atoms with E-state index in [2.05, 4.69) is 5.32 Å². The van der Waals surface area contributed by atoms with Gasteiger partial charge in [0.2, 0.25) is 0 Å². The standard InChI is InChI=1S/C14H26N2O3/c1-10-8-6-7-9-16(10)12(19)15-14(4,5)13(2,3)11(17)18/h10H,6-9H2,1-5H3,(H,15,19)(H,17,18). The molecule has 0 aromatic heterocycles. The van der Waals surface area contributed by atoms with Crippen molar-refractivity contribution in [1.29, 1.82) is 0 Å². The SMILES string of the molecule is CC1CCCCN1C(=O)NC(C)(C)C(C)(C)C(=O)O. The van der Waals surface area contributed by atoms with E-state index >= 15 is 0 Å². The van der Waals surface area contributed by atoms with E-state index in [1.165, 1.54) is 0 Å². The van der Waals surface area contributed by atoms with Crippen LogP contribution in [0.4, 0.5) is 4.79 Å². The molecule has 2 amide bonds. The van der Waals surface area contributed by atoms with E-state index in [0.717, 1.165) is 25.8 Å². The van der Waals surface area contributed by atoms with Gasteiger partial charge in [-0.1, -0.05) is 0 Å². The number of carbonyl (C=O) groups is 2. The number of nitrogens with one attached hydrogen (secondary N) is 1. The molecule has 0 aliphatic carbocycles. The molecule has 5 heteroatoms. The number of hydrogen-bond acceptors (Lipinski definition) is 2. The highest BCUT2D eigenvalue weighted by atomic mass is 16.4. The Balaban J connectivity index is 2.77. The number of carbonyl (C=O) groups excluding carboxylic acids is 1. The van der Waals surface area contributed by atoms with Gasteiger partial charge < -0.3 is 15.3 Å². The van der Waals surface area contributed by atoms with Crippen molar-refractivity contribution in [2.75, 3.05) is 6.54 Å². The summed E-state index contributed by atoms with van der Waals surface area (Å²) in [6.45, 7) is 9.57. The Morgan fingerprint density at radius 2 is 1.79 bits per heavy atom. The summed E-state index contributed by atoms with van der Waals surface area (Å²) < 4.78 is 0. The molecule has 1 fully saturated rings. The van der Waals surface area contributed by atoms with Crippen LogP contribution in [0.1, 0.15) is 53.9 Å². The zero-order valence-corrected chi connectivity index (χ0v) is 12.6. The molecule has 0 radical (unpaired) electrons. The van der Waals surface area contributed by atoms with Gasteiger partial charge in [0.25, 0.3) is 0 Å². The third kappa shape index (κ3) is 3.19. The van der Waals surface area contributed by atoms with E-state index in [1.54, 1.807) is 27.7 Å². The van der Waals surface area contributed by atoms with Gasteiger partial charge in [-0.2, -0.15) is 0 Å². The quantitative estimate of drug-likeness (QED) is 0.827. The first-order valence-corrected chi connectivity index (χ1v) is 6.92. The molecule has 0 aromatic carbocycles. The lowest BCUT2D eigenvalue weighted by molar-refractivity contribution is -0.150. The number of hydrogen-bond donors (Lipinski definition) is 2. The monoisotopic (exact) mass is 270 g/mol. The first kappa shape index (κ1) is 15.8. The van der Waals surface area contributed by atoms with Gasteiger partial charge in [0.05, 0.1) is 11.0 Å². The van der Waals surface area contributed by atoms with Crippen molar-refractivity contribution in [1.82, 2.24) is 10.2 Å². The van der Waals surface area contributed by atoms with E-state index in [0.29, 0.717) is 0 Å². The predicted molar refractivity (Wildman–Crippen MR) is 74.0 cm³/mol. The fraction of sp³-hybridized carbons (Fsp3) is 0.857. The van der Waals surface area contributed by atoms with E-state index in [4.69, 9.17) is 0 Å². The van der Waals surface area contributed by atoms with E-state index < -0.39 is 16.9 Å². The molecule has 0 saturated carbocycles. The van der Waals surface area contributed by atoms with Gasteiger partial charge in [0.15, 0.2) is 0 Å². The number of nitrogens with zero attached hydrogens (tertiary/aromatic N) is 1.